The average molecular weight is 271 g/mol. The smallest absolute Gasteiger partial charge is 0.336 e. The molecule has 0 aliphatic carbocycles. The molecule has 0 aliphatic rings. The van der Waals surface area contributed by atoms with Crippen molar-refractivity contribution in [3.05, 3.63) is 65.0 Å². The van der Waals surface area contributed by atoms with E-state index in [-0.39, 0.29) is 23.5 Å². The first-order chi connectivity index (χ1) is 9.61. The molecule has 0 aromatic heterocycles. The van der Waals surface area contributed by atoms with Gasteiger partial charge in [0.2, 0.25) is 0 Å². The highest BCUT2D eigenvalue weighted by Gasteiger charge is 2.11. The van der Waals surface area contributed by atoms with Crippen molar-refractivity contribution in [2.45, 2.75) is 6.61 Å². The Morgan fingerprint density at radius 2 is 2.05 bits per heavy atom. The molecule has 0 saturated carbocycles. The van der Waals surface area contributed by atoms with Crippen molar-refractivity contribution in [2.24, 2.45) is 0 Å². The van der Waals surface area contributed by atoms with Crippen LogP contribution in [0.2, 0.25) is 0 Å². The molecule has 100 valence electrons. The van der Waals surface area contributed by atoms with Gasteiger partial charge in [0.15, 0.2) is 11.6 Å². The van der Waals surface area contributed by atoms with Gasteiger partial charge in [0.05, 0.1) is 17.2 Å². The Balaban J connectivity index is 2.18. The van der Waals surface area contributed by atoms with Gasteiger partial charge in [-0.25, -0.2) is 9.18 Å². The van der Waals surface area contributed by atoms with Gasteiger partial charge in [-0.1, -0.05) is 18.2 Å². The van der Waals surface area contributed by atoms with Crippen molar-refractivity contribution >= 4 is 5.97 Å². The summed E-state index contributed by atoms with van der Waals surface area (Å²) in [6, 6.07) is 12.0. The number of carbonyl (C=O) groups is 1. The molecule has 0 bridgehead atoms. The quantitative estimate of drug-likeness (QED) is 0.928. The molecular weight excluding hydrogens is 261 g/mol. The Morgan fingerprint density at radius 1 is 1.30 bits per heavy atom. The Kier molecular flexibility index (Phi) is 3.96. The second-order valence-electron chi connectivity index (χ2n) is 4.01. The number of nitriles is 1. The molecule has 0 fully saturated rings. The van der Waals surface area contributed by atoms with Crippen LogP contribution in [0.25, 0.3) is 0 Å². The maximum Gasteiger partial charge on any atom is 0.336 e. The topological polar surface area (TPSA) is 70.3 Å². The van der Waals surface area contributed by atoms with Crippen LogP contribution < -0.4 is 4.74 Å². The Labute approximate surface area is 114 Å². The summed E-state index contributed by atoms with van der Waals surface area (Å²) in [5, 5.41) is 17.7. The summed E-state index contributed by atoms with van der Waals surface area (Å²) in [4.78, 5) is 11.0. The summed E-state index contributed by atoms with van der Waals surface area (Å²) in [5.41, 5.74) is 0.756. The van der Waals surface area contributed by atoms with Gasteiger partial charge in [0.1, 0.15) is 6.61 Å². The van der Waals surface area contributed by atoms with Gasteiger partial charge in [-0.05, 0) is 24.3 Å². The fourth-order valence-electron chi connectivity index (χ4n) is 1.70. The maximum atomic E-state index is 13.6. The molecule has 0 saturated heterocycles. The molecule has 2 aromatic carbocycles. The summed E-state index contributed by atoms with van der Waals surface area (Å²) in [6.07, 6.45) is 0. The number of hydrogen-bond acceptors (Lipinski definition) is 3. The molecule has 4 nitrogen and oxygen atoms in total. The number of nitrogens with zero attached hydrogens (tertiary/aromatic N) is 1. The van der Waals surface area contributed by atoms with Gasteiger partial charge in [-0.15, -0.1) is 0 Å². The van der Waals surface area contributed by atoms with Gasteiger partial charge in [-0.2, -0.15) is 5.26 Å². The van der Waals surface area contributed by atoms with E-state index < -0.39 is 11.8 Å². The van der Waals surface area contributed by atoms with Crippen LogP contribution in [0.1, 0.15) is 21.5 Å². The van der Waals surface area contributed by atoms with E-state index in [9.17, 15) is 9.18 Å². The molecule has 0 radical (unpaired) electrons. The molecule has 0 amide bonds. The first-order valence-electron chi connectivity index (χ1n) is 5.75. The number of carboxylic acid groups (broad SMARTS) is 1. The molecule has 20 heavy (non-hydrogen) atoms. The third kappa shape index (κ3) is 2.93. The molecule has 0 heterocycles. The minimum atomic E-state index is -1.07. The van der Waals surface area contributed by atoms with E-state index >= 15 is 0 Å². The zero-order valence-electron chi connectivity index (χ0n) is 10.3. The zero-order chi connectivity index (χ0) is 14.5. The summed E-state index contributed by atoms with van der Waals surface area (Å²) in [5.74, 6) is -1.74. The van der Waals surface area contributed by atoms with Crippen molar-refractivity contribution in [3.63, 3.8) is 0 Å². The van der Waals surface area contributed by atoms with Crippen LogP contribution >= 0.6 is 0 Å². The maximum absolute atomic E-state index is 13.6. The van der Waals surface area contributed by atoms with E-state index in [4.69, 9.17) is 15.1 Å². The third-order valence-electron chi connectivity index (χ3n) is 2.69. The molecule has 0 unspecified atom stereocenters. The summed E-state index contributed by atoms with van der Waals surface area (Å²) in [6.45, 7) is -0.0642. The SMILES string of the molecule is N#Cc1ccc(OCc2ccccc2C(=O)O)c(F)c1. The molecule has 0 spiro atoms. The summed E-state index contributed by atoms with van der Waals surface area (Å²) >= 11 is 0. The van der Waals surface area contributed by atoms with E-state index in [1.54, 1.807) is 18.2 Å². The van der Waals surface area contributed by atoms with Gasteiger partial charge in [-0.3, -0.25) is 0 Å². The van der Waals surface area contributed by atoms with Crippen molar-refractivity contribution in [1.29, 1.82) is 5.26 Å². The fourth-order valence-corrected chi connectivity index (χ4v) is 1.70. The molecule has 0 aliphatic heterocycles. The predicted octanol–water partition coefficient (Wildman–Crippen LogP) is 2.97. The lowest BCUT2D eigenvalue weighted by atomic mass is 10.1. The first-order valence-corrected chi connectivity index (χ1v) is 5.75. The average Bonchev–Trinajstić information content (AvgIpc) is 2.46. The minimum Gasteiger partial charge on any atom is -0.486 e. The molecule has 0 atom stereocenters. The number of rotatable bonds is 4. The number of ether oxygens (including phenoxy) is 1. The van der Waals surface area contributed by atoms with Crippen LogP contribution in [0.4, 0.5) is 4.39 Å². The highest BCUT2D eigenvalue weighted by Crippen LogP contribution is 2.20. The third-order valence-corrected chi connectivity index (χ3v) is 2.69. The number of hydrogen-bond donors (Lipinski definition) is 1. The normalized spacial score (nSPS) is 9.80. The Bertz CT molecular complexity index is 692. The van der Waals surface area contributed by atoms with Crippen LogP contribution in [0.5, 0.6) is 5.75 Å². The number of halogens is 1. The van der Waals surface area contributed by atoms with Crippen LogP contribution in [-0.4, -0.2) is 11.1 Å². The summed E-state index contributed by atoms with van der Waals surface area (Å²) < 4.78 is 18.9. The van der Waals surface area contributed by atoms with Crippen molar-refractivity contribution in [2.75, 3.05) is 0 Å². The zero-order valence-corrected chi connectivity index (χ0v) is 10.3. The van der Waals surface area contributed by atoms with Gasteiger partial charge in [0, 0.05) is 5.56 Å². The second-order valence-corrected chi connectivity index (χ2v) is 4.01. The predicted molar refractivity (Wildman–Crippen MR) is 68.8 cm³/mol. The van der Waals surface area contributed by atoms with E-state index in [0.29, 0.717) is 5.56 Å². The second kappa shape index (κ2) is 5.85. The van der Waals surface area contributed by atoms with E-state index in [0.717, 1.165) is 6.07 Å². The van der Waals surface area contributed by atoms with Crippen LogP contribution in [0.3, 0.4) is 0 Å². The Hall–Kier alpha value is -2.87. The number of aromatic carboxylic acids is 1. The van der Waals surface area contributed by atoms with E-state index in [1.807, 2.05) is 6.07 Å². The van der Waals surface area contributed by atoms with Gasteiger partial charge < -0.3 is 9.84 Å². The lowest BCUT2D eigenvalue weighted by Crippen LogP contribution is -2.06. The van der Waals surface area contributed by atoms with E-state index in [1.165, 1.54) is 18.2 Å². The van der Waals surface area contributed by atoms with Crippen LogP contribution in [0.15, 0.2) is 42.5 Å². The molecular formula is C15H10FNO3. The van der Waals surface area contributed by atoms with Crippen molar-refractivity contribution in [3.8, 4) is 11.8 Å². The highest BCUT2D eigenvalue weighted by atomic mass is 19.1. The monoisotopic (exact) mass is 271 g/mol. The molecule has 2 aromatic rings. The Morgan fingerprint density at radius 3 is 2.70 bits per heavy atom. The largest absolute Gasteiger partial charge is 0.486 e. The van der Waals surface area contributed by atoms with Crippen LogP contribution in [0, 0.1) is 17.1 Å². The molecule has 1 N–H and O–H groups in total. The minimum absolute atomic E-state index is 0.0239. The highest BCUT2D eigenvalue weighted by molar-refractivity contribution is 5.89. The van der Waals surface area contributed by atoms with Crippen LogP contribution in [-0.2, 0) is 6.61 Å². The lowest BCUT2D eigenvalue weighted by molar-refractivity contribution is 0.0694. The lowest BCUT2D eigenvalue weighted by Gasteiger charge is -2.09. The molecule has 5 heteroatoms. The van der Waals surface area contributed by atoms with E-state index in [2.05, 4.69) is 0 Å². The molecule has 2 rings (SSSR count). The van der Waals surface area contributed by atoms with Gasteiger partial charge >= 0.3 is 5.97 Å². The summed E-state index contributed by atoms with van der Waals surface area (Å²) in [7, 11) is 0. The standard InChI is InChI=1S/C15H10FNO3/c16-13-7-10(8-17)5-6-14(13)20-9-11-3-1-2-4-12(11)15(18)19/h1-7H,9H2,(H,18,19). The van der Waals surface area contributed by atoms with Crippen molar-refractivity contribution < 1.29 is 19.0 Å². The number of carboxylic acids is 1. The van der Waals surface area contributed by atoms with Gasteiger partial charge in [0.25, 0.3) is 0 Å². The van der Waals surface area contributed by atoms with Crippen molar-refractivity contribution in [1.82, 2.24) is 0 Å². The first kappa shape index (κ1) is 13.6. The number of benzene rings is 2. The fraction of sp³-hybridized carbons (Fsp3) is 0.0667.